The summed E-state index contributed by atoms with van der Waals surface area (Å²) in [6, 6.07) is 10.8. The molecule has 1 atom stereocenters. The molecule has 1 aromatic rings. The van der Waals surface area contributed by atoms with Gasteiger partial charge in [0.15, 0.2) is 0 Å². The molecule has 1 aliphatic carbocycles. The van der Waals surface area contributed by atoms with E-state index in [-0.39, 0.29) is 0 Å². The molecular weight excluding hydrogens is 163 g/mol. The fourth-order valence-electron chi connectivity index (χ4n) is 1.35. The summed E-state index contributed by atoms with van der Waals surface area (Å²) >= 11 is 0. The lowest BCUT2D eigenvalue weighted by atomic mass is 10.2. The van der Waals surface area contributed by atoms with Crippen LogP contribution in [0.3, 0.4) is 0 Å². The van der Waals surface area contributed by atoms with E-state index in [0.717, 1.165) is 5.66 Å². The molecule has 0 heterocycles. The van der Waals surface area contributed by atoms with Gasteiger partial charge in [0.05, 0.1) is 0 Å². The van der Waals surface area contributed by atoms with E-state index < -0.39 is 0 Å². The molecule has 1 unspecified atom stereocenters. The largest absolute Gasteiger partial charge is 0.119 e. The Morgan fingerprint density at radius 3 is 2.58 bits per heavy atom. The minimum atomic E-state index is 1.12. The first-order valence-electron chi connectivity index (χ1n) is 4.72. The van der Waals surface area contributed by atoms with Crippen LogP contribution in [0.4, 0.5) is 0 Å². The van der Waals surface area contributed by atoms with Crippen LogP contribution < -0.4 is 0 Å². The molecule has 64 valence electrons. The van der Waals surface area contributed by atoms with Crippen LogP contribution in [0.5, 0.6) is 0 Å². The van der Waals surface area contributed by atoms with Crippen LogP contribution in [-0.2, 0) is 6.42 Å². The lowest BCUT2D eigenvalue weighted by Gasteiger charge is -1.99. The summed E-state index contributed by atoms with van der Waals surface area (Å²) in [5, 5.41) is 0. The Bertz CT molecular complexity index is 226. The first-order valence-corrected chi connectivity index (χ1v) is 6.01. The van der Waals surface area contributed by atoms with Gasteiger partial charge >= 0.3 is 0 Å². The summed E-state index contributed by atoms with van der Waals surface area (Å²) in [7, 11) is 1.23. The van der Waals surface area contributed by atoms with Crippen molar-refractivity contribution in [1.29, 1.82) is 0 Å². The molecule has 0 saturated heterocycles. The van der Waals surface area contributed by atoms with Gasteiger partial charge in [-0.05, 0) is 36.6 Å². The van der Waals surface area contributed by atoms with Gasteiger partial charge in [-0.3, -0.25) is 0 Å². The fraction of sp³-hybridized carbons (Fsp3) is 0.455. The Morgan fingerprint density at radius 2 is 1.92 bits per heavy atom. The molecule has 1 fully saturated rings. The predicted octanol–water partition coefficient (Wildman–Crippen LogP) is 3.07. The number of rotatable bonds is 4. The van der Waals surface area contributed by atoms with E-state index in [2.05, 4.69) is 30.3 Å². The van der Waals surface area contributed by atoms with Crippen LogP contribution >= 0.6 is 8.58 Å². The highest BCUT2D eigenvalue weighted by Gasteiger charge is 2.19. The molecule has 0 amide bonds. The second kappa shape index (κ2) is 4.05. The summed E-state index contributed by atoms with van der Waals surface area (Å²) in [6.07, 6.45) is 5.71. The molecule has 1 heteroatoms. The lowest BCUT2D eigenvalue weighted by Crippen LogP contribution is -1.86. The molecule has 1 aliphatic rings. The van der Waals surface area contributed by atoms with E-state index in [0.29, 0.717) is 0 Å². The monoisotopic (exact) mass is 178 g/mol. The summed E-state index contributed by atoms with van der Waals surface area (Å²) in [5.41, 5.74) is 2.62. The molecule has 12 heavy (non-hydrogen) atoms. The molecule has 1 saturated carbocycles. The van der Waals surface area contributed by atoms with Gasteiger partial charge in [0.25, 0.3) is 0 Å². The highest BCUT2D eigenvalue weighted by Crippen LogP contribution is 2.39. The van der Waals surface area contributed by atoms with Crippen LogP contribution in [0.2, 0.25) is 0 Å². The number of hydrogen-bond acceptors (Lipinski definition) is 0. The van der Waals surface area contributed by atoms with Crippen molar-refractivity contribution in [2.45, 2.75) is 24.9 Å². The molecule has 1 aromatic carbocycles. The zero-order valence-corrected chi connectivity index (χ0v) is 8.29. The van der Waals surface area contributed by atoms with Crippen molar-refractivity contribution < 1.29 is 0 Å². The fourth-order valence-corrected chi connectivity index (χ4v) is 2.77. The van der Waals surface area contributed by atoms with Crippen LogP contribution in [0.1, 0.15) is 18.4 Å². The van der Waals surface area contributed by atoms with E-state index >= 15 is 0 Å². The number of benzene rings is 1. The summed E-state index contributed by atoms with van der Waals surface area (Å²) in [6.45, 7) is 0. The minimum Gasteiger partial charge on any atom is -0.119 e. The smallest absolute Gasteiger partial charge is 0.0236 e. The molecule has 0 spiro atoms. The molecule has 0 aromatic heterocycles. The molecule has 0 radical (unpaired) electrons. The average molecular weight is 178 g/mol. The third-order valence-corrected chi connectivity index (χ3v) is 3.96. The quantitative estimate of drug-likeness (QED) is 0.621. The number of hydrogen-bond donors (Lipinski definition) is 0. The Labute approximate surface area is 76.2 Å². The van der Waals surface area contributed by atoms with Crippen LogP contribution in [0, 0.1) is 0 Å². The van der Waals surface area contributed by atoms with E-state index in [4.69, 9.17) is 0 Å². The lowest BCUT2D eigenvalue weighted by molar-refractivity contribution is 1.15. The van der Waals surface area contributed by atoms with Gasteiger partial charge in [-0.1, -0.05) is 30.3 Å². The van der Waals surface area contributed by atoms with Gasteiger partial charge in [0, 0.05) is 0 Å². The van der Waals surface area contributed by atoms with Crippen molar-refractivity contribution in [2.75, 3.05) is 6.16 Å². The van der Waals surface area contributed by atoms with Gasteiger partial charge in [-0.2, -0.15) is 0 Å². The molecular formula is C11H15P. The highest BCUT2D eigenvalue weighted by molar-refractivity contribution is 7.39. The first kappa shape index (κ1) is 8.26. The van der Waals surface area contributed by atoms with Gasteiger partial charge < -0.3 is 0 Å². The summed E-state index contributed by atoms with van der Waals surface area (Å²) in [5.74, 6) is 0. The van der Waals surface area contributed by atoms with E-state index in [9.17, 15) is 0 Å². The Hall–Kier alpha value is -0.350. The van der Waals surface area contributed by atoms with Gasteiger partial charge in [-0.25, -0.2) is 0 Å². The standard InChI is InChI=1S/C11H15P/c1-2-4-10(5-3-1)8-9-12-11-6-7-11/h1-5,11-12H,6-9H2. The van der Waals surface area contributed by atoms with E-state index in [1.165, 1.54) is 39.6 Å². The highest BCUT2D eigenvalue weighted by atomic mass is 31.1. The van der Waals surface area contributed by atoms with Crippen molar-refractivity contribution in [1.82, 2.24) is 0 Å². The van der Waals surface area contributed by atoms with Crippen molar-refractivity contribution in [3.05, 3.63) is 35.9 Å². The molecule has 0 aliphatic heterocycles. The van der Waals surface area contributed by atoms with Crippen LogP contribution in [0.15, 0.2) is 30.3 Å². The van der Waals surface area contributed by atoms with Gasteiger partial charge in [0.1, 0.15) is 0 Å². The van der Waals surface area contributed by atoms with Crippen molar-refractivity contribution in [3.8, 4) is 0 Å². The van der Waals surface area contributed by atoms with Gasteiger partial charge in [-0.15, -0.1) is 8.58 Å². The van der Waals surface area contributed by atoms with E-state index in [1.807, 2.05) is 0 Å². The van der Waals surface area contributed by atoms with Crippen LogP contribution in [-0.4, -0.2) is 11.8 Å². The Balaban J connectivity index is 1.72. The SMILES string of the molecule is c1ccc(CCPC2CC2)cc1. The first-order chi connectivity index (χ1) is 5.95. The third-order valence-electron chi connectivity index (χ3n) is 2.27. The van der Waals surface area contributed by atoms with Crippen molar-refractivity contribution in [2.24, 2.45) is 0 Å². The topological polar surface area (TPSA) is 0 Å². The molecule has 0 N–H and O–H groups in total. The Morgan fingerprint density at radius 1 is 1.17 bits per heavy atom. The Kier molecular flexibility index (Phi) is 2.79. The van der Waals surface area contributed by atoms with Crippen molar-refractivity contribution >= 4 is 8.58 Å². The number of aryl methyl sites for hydroxylation is 1. The predicted molar refractivity (Wildman–Crippen MR) is 56.4 cm³/mol. The second-order valence-electron chi connectivity index (χ2n) is 3.46. The zero-order chi connectivity index (χ0) is 8.23. The molecule has 2 rings (SSSR count). The normalized spacial score (nSPS) is 17.3. The maximum absolute atomic E-state index is 2.23. The summed E-state index contributed by atoms with van der Waals surface area (Å²) < 4.78 is 0. The van der Waals surface area contributed by atoms with Crippen molar-refractivity contribution in [3.63, 3.8) is 0 Å². The average Bonchev–Trinajstić information content (AvgIpc) is 2.90. The van der Waals surface area contributed by atoms with E-state index in [1.54, 1.807) is 0 Å². The van der Waals surface area contributed by atoms with Crippen LogP contribution in [0.25, 0.3) is 0 Å². The van der Waals surface area contributed by atoms with Gasteiger partial charge in [0.2, 0.25) is 0 Å². The third kappa shape index (κ3) is 2.60. The second-order valence-corrected chi connectivity index (χ2v) is 5.19. The summed E-state index contributed by atoms with van der Waals surface area (Å²) in [4.78, 5) is 0. The minimum absolute atomic E-state index is 1.12. The maximum atomic E-state index is 2.23. The zero-order valence-electron chi connectivity index (χ0n) is 7.29. The molecule has 0 nitrogen and oxygen atoms in total. The maximum Gasteiger partial charge on any atom is -0.0236 e. The molecule has 0 bridgehead atoms.